The van der Waals surface area contributed by atoms with Gasteiger partial charge in [0, 0.05) is 10.5 Å². The largest absolute Gasteiger partial charge is 0.477 e. The molecular weight excluding hydrogens is 294 g/mol. The van der Waals surface area contributed by atoms with E-state index in [1.54, 1.807) is 36.9 Å². The predicted molar refractivity (Wildman–Crippen MR) is 82.2 cm³/mol. The van der Waals surface area contributed by atoms with E-state index in [4.69, 9.17) is 5.11 Å². The Morgan fingerprint density at radius 1 is 1.25 bits per heavy atom. The summed E-state index contributed by atoms with van der Waals surface area (Å²) in [7, 11) is 0. The van der Waals surface area contributed by atoms with Gasteiger partial charge in [0.1, 0.15) is 4.88 Å². The number of anilines is 1. The number of carbonyl (C=O) groups excluding carboxylic acids is 1. The van der Waals surface area contributed by atoms with Crippen LogP contribution in [0.5, 0.6) is 0 Å². The van der Waals surface area contributed by atoms with E-state index >= 15 is 0 Å². The number of aromatic carboxylic acids is 1. The summed E-state index contributed by atoms with van der Waals surface area (Å²) in [6, 6.07) is 8.92. The molecule has 0 unspecified atom stereocenters. The first kappa shape index (κ1) is 14.6. The van der Waals surface area contributed by atoms with Gasteiger partial charge in [-0.3, -0.25) is 4.79 Å². The molecule has 2 rings (SSSR count). The summed E-state index contributed by atoms with van der Waals surface area (Å²) in [4.78, 5) is 24.3. The van der Waals surface area contributed by atoms with Crippen molar-refractivity contribution in [2.24, 2.45) is 0 Å². The normalized spacial score (nSPS) is 10.3. The Bertz CT molecular complexity index is 647. The fourth-order valence-electron chi connectivity index (χ4n) is 1.68. The molecule has 1 amide bonds. The molecule has 1 aromatic heterocycles. The van der Waals surface area contributed by atoms with Crippen molar-refractivity contribution in [2.75, 3.05) is 11.6 Å². The summed E-state index contributed by atoms with van der Waals surface area (Å²) in [5.41, 5.74) is 1.20. The van der Waals surface area contributed by atoms with Gasteiger partial charge in [-0.05, 0) is 49.1 Å². The molecule has 1 heterocycles. The van der Waals surface area contributed by atoms with Gasteiger partial charge in [-0.2, -0.15) is 0 Å². The summed E-state index contributed by atoms with van der Waals surface area (Å²) in [6.45, 7) is 1.71. The van der Waals surface area contributed by atoms with Crippen molar-refractivity contribution in [1.82, 2.24) is 0 Å². The van der Waals surface area contributed by atoms with E-state index in [1.807, 2.05) is 18.4 Å². The Balaban J connectivity index is 2.14. The van der Waals surface area contributed by atoms with Gasteiger partial charge in [0.05, 0.1) is 5.00 Å². The van der Waals surface area contributed by atoms with Crippen LogP contribution in [0.1, 0.15) is 25.6 Å². The molecule has 6 heteroatoms. The molecular formula is C14H13NO3S2. The highest BCUT2D eigenvalue weighted by atomic mass is 32.2. The molecule has 0 fully saturated rings. The Morgan fingerprint density at radius 2 is 1.90 bits per heavy atom. The minimum absolute atomic E-state index is 0.240. The van der Waals surface area contributed by atoms with Gasteiger partial charge in [0.2, 0.25) is 0 Å². The quantitative estimate of drug-likeness (QED) is 0.845. The Morgan fingerprint density at radius 3 is 2.40 bits per heavy atom. The highest BCUT2D eigenvalue weighted by molar-refractivity contribution is 7.98. The van der Waals surface area contributed by atoms with Gasteiger partial charge < -0.3 is 10.4 Å². The number of rotatable bonds is 4. The van der Waals surface area contributed by atoms with Gasteiger partial charge in [-0.15, -0.1) is 23.1 Å². The first-order chi connectivity index (χ1) is 9.51. The predicted octanol–water partition coefficient (Wildman–Crippen LogP) is 3.73. The van der Waals surface area contributed by atoms with Crippen molar-refractivity contribution in [3.8, 4) is 0 Å². The zero-order valence-electron chi connectivity index (χ0n) is 11.0. The number of nitrogens with one attached hydrogen (secondary N) is 1. The summed E-state index contributed by atoms with van der Waals surface area (Å²) in [5.74, 6) is -1.21. The molecule has 0 bridgehead atoms. The van der Waals surface area contributed by atoms with Crippen molar-refractivity contribution in [1.29, 1.82) is 0 Å². The molecule has 0 aliphatic carbocycles. The molecule has 20 heavy (non-hydrogen) atoms. The second kappa shape index (κ2) is 6.11. The lowest BCUT2D eigenvalue weighted by atomic mass is 10.2. The van der Waals surface area contributed by atoms with Crippen LogP contribution in [0.2, 0.25) is 0 Å². The van der Waals surface area contributed by atoms with Crippen molar-refractivity contribution >= 4 is 40.0 Å². The molecule has 4 nitrogen and oxygen atoms in total. The summed E-state index contributed by atoms with van der Waals surface area (Å²) in [5, 5.41) is 12.2. The van der Waals surface area contributed by atoms with E-state index in [2.05, 4.69) is 5.32 Å². The molecule has 0 aliphatic heterocycles. The molecule has 0 radical (unpaired) electrons. The molecule has 0 saturated heterocycles. The number of aryl methyl sites for hydroxylation is 1. The van der Waals surface area contributed by atoms with Crippen LogP contribution in [0.3, 0.4) is 0 Å². The lowest BCUT2D eigenvalue weighted by Gasteiger charge is -2.03. The summed E-state index contributed by atoms with van der Waals surface area (Å²) < 4.78 is 0. The molecule has 0 aliphatic rings. The van der Waals surface area contributed by atoms with Gasteiger partial charge in [-0.25, -0.2) is 4.79 Å². The van der Waals surface area contributed by atoms with Gasteiger partial charge in [0.25, 0.3) is 5.91 Å². The molecule has 2 aromatic rings. The zero-order valence-corrected chi connectivity index (χ0v) is 12.6. The standard InChI is InChI=1S/C14H13NO3S2/c1-8-7-11(20-12(8)14(17)18)15-13(16)9-3-5-10(19-2)6-4-9/h3-7H,1-2H3,(H,15,16)(H,17,18). The van der Waals surface area contributed by atoms with E-state index in [1.165, 1.54) is 0 Å². The fourth-order valence-corrected chi connectivity index (χ4v) is 3.00. The first-order valence-electron chi connectivity index (χ1n) is 5.80. The number of carboxylic acids is 1. The molecule has 1 aromatic carbocycles. The molecule has 2 N–H and O–H groups in total. The van der Waals surface area contributed by atoms with Crippen LogP contribution in [0.25, 0.3) is 0 Å². The van der Waals surface area contributed by atoms with Crippen LogP contribution in [0, 0.1) is 6.92 Å². The van der Waals surface area contributed by atoms with Crippen LogP contribution in [0.4, 0.5) is 5.00 Å². The lowest BCUT2D eigenvalue weighted by molar-refractivity contribution is 0.0701. The molecule has 0 saturated carbocycles. The average molecular weight is 307 g/mol. The minimum Gasteiger partial charge on any atom is -0.477 e. The zero-order chi connectivity index (χ0) is 14.7. The number of amides is 1. The molecule has 0 spiro atoms. The second-order valence-corrected chi connectivity index (χ2v) is 6.04. The number of hydrogen-bond acceptors (Lipinski definition) is 4. The molecule has 0 atom stereocenters. The second-order valence-electron chi connectivity index (χ2n) is 4.11. The highest BCUT2D eigenvalue weighted by Crippen LogP contribution is 2.27. The number of carbonyl (C=O) groups is 2. The van der Waals surface area contributed by atoms with Gasteiger partial charge >= 0.3 is 5.97 Å². The Labute approximate surface area is 124 Å². The molecule has 104 valence electrons. The monoisotopic (exact) mass is 307 g/mol. The first-order valence-corrected chi connectivity index (χ1v) is 7.84. The number of hydrogen-bond donors (Lipinski definition) is 2. The summed E-state index contributed by atoms with van der Waals surface area (Å²) >= 11 is 2.67. The Kier molecular flexibility index (Phi) is 4.46. The summed E-state index contributed by atoms with van der Waals surface area (Å²) in [6.07, 6.45) is 1.97. The van der Waals surface area contributed by atoms with Crippen molar-refractivity contribution < 1.29 is 14.7 Å². The van der Waals surface area contributed by atoms with Crippen LogP contribution in [-0.2, 0) is 0 Å². The van der Waals surface area contributed by atoms with E-state index < -0.39 is 5.97 Å². The smallest absolute Gasteiger partial charge is 0.346 e. The topological polar surface area (TPSA) is 66.4 Å². The van der Waals surface area contributed by atoms with Crippen LogP contribution in [-0.4, -0.2) is 23.2 Å². The third-order valence-corrected chi connectivity index (χ3v) is 4.59. The van der Waals surface area contributed by atoms with Crippen molar-refractivity contribution in [3.63, 3.8) is 0 Å². The maximum atomic E-state index is 12.0. The maximum Gasteiger partial charge on any atom is 0.346 e. The average Bonchev–Trinajstić information content (AvgIpc) is 2.79. The van der Waals surface area contributed by atoms with E-state index in [-0.39, 0.29) is 10.8 Å². The Hall–Kier alpha value is -1.79. The number of carboxylic acid groups (broad SMARTS) is 1. The lowest BCUT2D eigenvalue weighted by Crippen LogP contribution is -2.10. The van der Waals surface area contributed by atoms with Gasteiger partial charge in [0.15, 0.2) is 0 Å². The fraction of sp³-hybridized carbons (Fsp3) is 0.143. The maximum absolute atomic E-state index is 12.0. The highest BCUT2D eigenvalue weighted by Gasteiger charge is 2.14. The van der Waals surface area contributed by atoms with E-state index in [0.29, 0.717) is 16.1 Å². The third kappa shape index (κ3) is 3.20. The van der Waals surface area contributed by atoms with E-state index in [0.717, 1.165) is 16.2 Å². The SMILES string of the molecule is CSc1ccc(C(=O)Nc2cc(C)c(C(=O)O)s2)cc1. The van der Waals surface area contributed by atoms with Crippen LogP contribution < -0.4 is 5.32 Å². The van der Waals surface area contributed by atoms with Crippen LogP contribution in [0.15, 0.2) is 35.2 Å². The van der Waals surface area contributed by atoms with E-state index in [9.17, 15) is 9.59 Å². The number of benzene rings is 1. The number of thiophene rings is 1. The van der Waals surface area contributed by atoms with Crippen LogP contribution >= 0.6 is 23.1 Å². The minimum atomic E-state index is -0.975. The van der Waals surface area contributed by atoms with Crippen molar-refractivity contribution in [2.45, 2.75) is 11.8 Å². The third-order valence-electron chi connectivity index (χ3n) is 2.70. The van der Waals surface area contributed by atoms with Crippen molar-refractivity contribution in [3.05, 3.63) is 46.3 Å². The van der Waals surface area contributed by atoms with Gasteiger partial charge in [-0.1, -0.05) is 0 Å². The number of thioether (sulfide) groups is 1.